The number of piperidine rings is 1. The molecule has 1 aliphatic rings. The number of aromatic amines is 1. The standard InChI is InChI=1S/C19H21N5O3/c1-27-13-7-5-12(6-8-13)11-14-18(26)24-16(20)15(17(25)22-19(24)21-14)23-9-3-2-4-10-23/h5-8,11H,2-4,9-10,20H2,1H3,(H,21,22,25)/b14-11-. The second kappa shape index (κ2) is 6.79. The molecule has 8 nitrogen and oxygen atoms in total. The zero-order valence-electron chi connectivity index (χ0n) is 15.1. The average Bonchev–Trinajstić information content (AvgIpc) is 2.98. The Labute approximate surface area is 154 Å². The smallest absolute Gasteiger partial charge is 0.300 e. The molecule has 3 aromatic rings. The summed E-state index contributed by atoms with van der Waals surface area (Å²) in [5.41, 5.74) is 6.62. The minimum atomic E-state index is -0.411. The van der Waals surface area contributed by atoms with E-state index in [9.17, 15) is 9.59 Å². The summed E-state index contributed by atoms with van der Waals surface area (Å²) in [6.07, 6.45) is 4.82. The van der Waals surface area contributed by atoms with Crippen LogP contribution in [0.4, 0.5) is 11.5 Å². The molecule has 1 aromatic carbocycles. The molecule has 4 rings (SSSR count). The van der Waals surface area contributed by atoms with Gasteiger partial charge in [-0.25, -0.2) is 4.40 Å². The lowest BCUT2D eigenvalue weighted by atomic mass is 10.1. The van der Waals surface area contributed by atoms with Gasteiger partial charge in [-0.05, 0) is 43.0 Å². The fourth-order valence-corrected chi connectivity index (χ4v) is 3.49. The van der Waals surface area contributed by atoms with E-state index in [1.807, 2.05) is 29.2 Å². The Kier molecular flexibility index (Phi) is 4.31. The van der Waals surface area contributed by atoms with E-state index in [-0.39, 0.29) is 17.2 Å². The lowest BCUT2D eigenvalue weighted by molar-refractivity contribution is 0.415. The molecule has 140 valence electrons. The summed E-state index contributed by atoms with van der Waals surface area (Å²) in [7, 11) is 1.59. The van der Waals surface area contributed by atoms with Crippen molar-refractivity contribution in [1.82, 2.24) is 14.4 Å². The zero-order chi connectivity index (χ0) is 19.0. The Morgan fingerprint density at radius 1 is 1.15 bits per heavy atom. The van der Waals surface area contributed by atoms with Crippen LogP contribution in [0.2, 0.25) is 0 Å². The van der Waals surface area contributed by atoms with Gasteiger partial charge >= 0.3 is 0 Å². The van der Waals surface area contributed by atoms with E-state index in [2.05, 4.69) is 9.97 Å². The van der Waals surface area contributed by atoms with E-state index in [1.165, 1.54) is 4.40 Å². The largest absolute Gasteiger partial charge is 0.497 e. The van der Waals surface area contributed by atoms with Gasteiger partial charge in [0.25, 0.3) is 11.1 Å². The van der Waals surface area contributed by atoms with Crippen LogP contribution in [0.25, 0.3) is 11.9 Å². The quantitative estimate of drug-likeness (QED) is 0.699. The topological polar surface area (TPSA) is 106 Å². The third-order valence-corrected chi connectivity index (χ3v) is 4.88. The summed E-state index contributed by atoms with van der Waals surface area (Å²) < 4.78 is 6.42. The molecule has 0 unspecified atom stereocenters. The van der Waals surface area contributed by atoms with Gasteiger partial charge in [0.05, 0.1) is 7.11 Å². The van der Waals surface area contributed by atoms with Crippen LogP contribution in [0.1, 0.15) is 24.8 Å². The number of fused-ring (bicyclic) bond motifs is 1. The highest BCUT2D eigenvalue weighted by Crippen LogP contribution is 2.21. The van der Waals surface area contributed by atoms with Crippen LogP contribution in [0.5, 0.6) is 5.75 Å². The molecule has 8 heteroatoms. The van der Waals surface area contributed by atoms with Crippen molar-refractivity contribution in [3.8, 4) is 5.75 Å². The summed E-state index contributed by atoms with van der Waals surface area (Å²) >= 11 is 0. The molecule has 0 radical (unpaired) electrons. The van der Waals surface area contributed by atoms with Gasteiger partial charge < -0.3 is 20.4 Å². The number of nitrogens with one attached hydrogen (secondary N) is 1. The van der Waals surface area contributed by atoms with E-state index >= 15 is 0 Å². The maximum Gasteiger partial charge on any atom is 0.300 e. The van der Waals surface area contributed by atoms with E-state index in [0.717, 1.165) is 43.7 Å². The number of benzene rings is 1. The van der Waals surface area contributed by atoms with Gasteiger partial charge in [-0.1, -0.05) is 12.1 Å². The van der Waals surface area contributed by atoms with E-state index < -0.39 is 5.56 Å². The van der Waals surface area contributed by atoms with Gasteiger partial charge in [0.15, 0.2) is 0 Å². The number of methoxy groups -OCH3 is 1. The van der Waals surface area contributed by atoms with Crippen molar-refractivity contribution in [2.24, 2.45) is 0 Å². The monoisotopic (exact) mass is 367 g/mol. The molecule has 0 aliphatic carbocycles. The molecule has 3 N–H and O–H groups in total. The number of aromatic nitrogens is 3. The summed E-state index contributed by atoms with van der Waals surface area (Å²) in [5, 5.41) is 0.314. The molecule has 0 saturated carbocycles. The lowest BCUT2D eigenvalue weighted by Gasteiger charge is -2.28. The number of anilines is 2. The number of hydrogen-bond donors (Lipinski definition) is 2. The Balaban J connectivity index is 1.86. The minimum Gasteiger partial charge on any atom is -0.497 e. The maximum absolute atomic E-state index is 12.9. The molecule has 0 atom stereocenters. The van der Waals surface area contributed by atoms with Crippen molar-refractivity contribution in [1.29, 1.82) is 0 Å². The fraction of sp³-hybridized carbons (Fsp3) is 0.316. The van der Waals surface area contributed by atoms with Crippen LogP contribution in [0.15, 0.2) is 33.9 Å². The lowest BCUT2D eigenvalue weighted by Crippen LogP contribution is -2.36. The predicted molar refractivity (Wildman–Crippen MR) is 104 cm³/mol. The van der Waals surface area contributed by atoms with Crippen LogP contribution in [-0.2, 0) is 0 Å². The second-order valence-electron chi connectivity index (χ2n) is 6.62. The summed E-state index contributed by atoms with van der Waals surface area (Å²) in [5.74, 6) is 1.03. The van der Waals surface area contributed by atoms with E-state index in [1.54, 1.807) is 13.2 Å². The van der Waals surface area contributed by atoms with Crippen molar-refractivity contribution in [3.05, 3.63) is 55.9 Å². The third-order valence-electron chi connectivity index (χ3n) is 4.88. The Bertz CT molecular complexity index is 1140. The highest BCUT2D eigenvalue weighted by Gasteiger charge is 2.21. The molecule has 0 bridgehead atoms. The number of nitrogens with zero attached hydrogens (tertiary/aromatic N) is 3. The van der Waals surface area contributed by atoms with Crippen LogP contribution >= 0.6 is 0 Å². The summed E-state index contributed by atoms with van der Waals surface area (Å²) in [6, 6.07) is 7.29. The molecular formula is C19H21N5O3. The first-order chi connectivity index (χ1) is 13.1. The molecule has 2 aromatic heterocycles. The highest BCUT2D eigenvalue weighted by atomic mass is 16.5. The average molecular weight is 367 g/mol. The molecule has 1 aliphatic heterocycles. The fourth-order valence-electron chi connectivity index (χ4n) is 3.49. The van der Waals surface area contributed by atoms with E-state index in [4.69, 9.17) is 10.5 Å². The zero-order valence-corrected chi connectivity index (χ0v) is 15.1. The molecule has 3 heterocycles. The van der Waals surface area contributed by atoms with Gasteiger partial charge in [0, 0.05) is 13.1 Å². The number of H-pyrrole nitrogens is 1. The molecule has 27 heavy (non-hydrogen) atoms. The van der Waals surface area contributed by atoms with Gasteiger partial charge in [-0.2, -0.15) is 4.98 Å². The first kappa shape index (κ1) is 17.1. The normalized spacial score (nSPS) is 15.4. The van der Waals surface area contributed by atoms with Crippen molar-refractivity contribution < 1.29 is 4.74 Å². The number of imidazole rings is 1. The number of ether oxygens (including phenoxy) is 1. The maximum atomic E-state index is 12.9. The number of hydrogen-bond acceptors (Lipinski definition) is 6. The Morgan fingerprint density at radius 2 is 1.85 bits per heavy atom. The predicted octanol–water partition coefficient (Wildman–Crippen LogP) is 0.512. The van der Waals surface area contributed by atoms with E-state index in [0.29, 0.717) is 11.0 Å². The molecule has 0 spiro atoms. The van der Waals surface area contributed by atoms with Crippen LogP contribution in [0.3, 0.4) is 0 Å². The number of rotatable bonds is 3. The molecule has 1 saturated heterocycles. The molecule has 1 fully saturated rings. The number of nitrogen functional groups attached to an aromatic ring is 1. The Hall–Kier alpha value is -3.29. The second-order valence-corrected chi connectivity index (χ2v) is 6.62. The van der Waals surface area contributed by atoms with Crippen molar-refractivity contribution in [3.63, 3.8) is 0 Å². The van der Waals surface area contributed by atoms with Crippen LogP contribution in [-0.4, -0.2) is 34.6 Å². The van der Waals surface area contributed by atoms with Gasteiger partial charge in [0.1, 0.15) is 22.6 Å². The third kappa shape index (κ3) is 3.03. The molecular weight excluding hydrogens is 346 g/mol. The van der Waals surface area contributed by atoms with Crippen molar-refractivity contribution in [2.75, 3.05) is 30.8 Å². The molecule has 0 amide bonds. The van der Waals surface area contributed by atoms with Crippen molar-refractivity contribution in [2.45, 2.75) is 19.3 Å². The summed E-state index contributed by atoms with van der Waals surface area (Å²) in [6.45, 7) is 1.49. The van der Waals surface area contributed by atoms with Gasteiger partial charge in [-0.15, -0.1) is 0 Å². The van der Waals surface area contributed by atoms with Gasteiger partial charge in [-0.3, -0.25) is 9.59 Å². The first-order valence-electron chi connectivity index (χ1n) is 8.93. The highest BCUT2D eigenvalue weighted by molar-refractivity contribution is 5.66. The summed E-state index contributed by atoms with van der Waals surface area (Å²) in [4.78, 5) is 34.3. The van der Waals surface area contributed by atoms with Crippen LogP contribution < -0.4 is 31.8 Å². The first-order valence-corrected chi connectivity index (χ1v) is 8.93. The van der Waals surface area contributed by atoms with Crippen molar-refractivity contribution >= 4 is 23.4 Å². The number of nitrogens with two attached hydrogens (primary N) is 1. The SMILES string of the molecule is COc1ccc(/C=c2\[nH]c3nc(=O)c(N4CCCCC4)c(N)n3c2=O)cc1. The minimum absolute atomic E-state index is 0.141. The Morgan fingerprint density at radius 3 is 2.52 bits per heavy atom. The van der Waals surface area contributed by atoms with Crippen LogP contribution in [0, 0.1) is 0 Å². The van der Waals surface area contributed by atoms with Gasteiger partial charge in [0.2, 0.25) is 5.78 Å².